The van der Waals surface area contributed by atoms with Gasteiger partial charge in [-0.2, -0.15) is 0 Å². The Labute approximate surface area is 328 Å². The Bertz CT molecular complexity index is 2940. The molecule has 0 N–H and O–H groups in total. The molecule has 2 aromatic heterocycles. The zero-order valence-corrected chi connectivity index (χ0v) is 32.2. The lowest BCUT2D eigenvalue weighted by molar-refractivity contribution is 0.523. The molecule has 0 saturated carbocycles. The van der Waals surface area contributed by atoms with Crippen LogP contribution in [0.25, 0.3) is 61.8 Å². The number of hydrogen-bond donors (Lipinski definition) is 0. The molecule has 272 valence electrons. The van der Waals surface area contributed by atoms with E-state index in [1.807, 2.05) is 6.07 Å². The number of furan rings is 1. The summed E-state index contributed by atoms with van der Waals surface area (Å²) >= 11 is 0. The molecule has 0 fully saturated rings. The largest absolute Gasteiger partial charge is 0.456 e. The molecule has 0 amide bonds. The first-order valence-corrected chi connectivity index (χ1v) is 20.2. The molecule has 0 saturated heterocycles. The topological polar surface area (TPSA) is 21.3 Å². The third-order valence-electron chi connectivity index (χ3n) is 12.8. The zero-order valence-electron chi connectivity index (χ0n) is 32.2. The second kappa shape index (κ2) is 12.6. The molecule has 0 radical (unpaired) electrons. The summed E-state index contributed by atoms with van der Waals surface area (Å²) in [5.74, 6) is 0.965. The smallest absolute Gasteiger partial charge is 0.137 e. The van der Waals surface area contributed by atoms with Crippen LogP contribution in [0.3, 0.4) is 0 Å². The fourth-order valence-corrected chi connectivity index (χ4v) is 9.76. The minimum Gasteiger partial charge on any atom is -0.456 e. The van der Waals surface area contributed by atoms with Crippen molar-refractivity contribution in [3.8, 4) is 16.8 Å². The first-order valence-electron chi connectivity index (χ1n) is 20.2. The lowest BCUT2D eigenvalue weighted by Crippen LogP contribution is -2.24. The van der Waals surface area contributed by atoms with Gasteiger partial charge in [0.05, 0.1) is 16.6 Å². The molecular weight excluding hydrogens is 681 g/mol. The zero-order chi connectivity index (χ0) is 37.5. The highest BCUT2D eigenvalue weighted by Crippen LogP contribution is 2.47. The Morgan fingerprint density at radius 1 is 0.732 bits per heavy atom. The number of fused-ring (bicyclic) bond motifs is 8. The second-order valence-electron chi connectivity index (χ2n) is 16.5. The lowest BCUT2D eigenvalue weighted by atomic mass is 9.73. The standard InChI is InChI=1S/C53H44N2O/c1-34-11-8-13-37-22-26-41(33-44(34)37)55-46-27-23-38(31-45(46)51-35(2)12-9-16-47(51)55)36-20-24-40(25-21-36)54(42-28-30-53(3)29-7-6-14-39(53)32-42)48-17-10-19-50-52(48)43-15-4-5-18-49(43)56-50/h4-10,13-29,31-35H,11-12,30H2,1-3H3. The molecule has 4 aliphatic rings. The maximum atomic E-state index is 6.40. The van der Waals surface area contributed by atoms with Gasteiger partial charge in [0.1, 0.15) is 11.2 Å². The van der Waals surface area contributed by atoms with Gasteiger partial charge < -0.3 is 13.9 Å². The van der Waals surface area contributed by atoms with Crippen LogP contribution in [-0.2, 0) is 0 Å². The van der Waals surface area contributed by atoms with Crippen molar-refractivity contribution >= 4 is 56.4 Å². The number of benzene rings is 5. The summed E-state index contributed by atoms with van der Waals surface area (Å²) in [6.07, 6.45) is 26.1. The average Bonchev–Trinajstić information content (AvgIpc) is 3.78. The average molecular weight is 725 g/mol. The van der Waals surface area contributed by atoms with E-state index in [0.717, 1.165) is 52.6 Å². The van der Waals surface area contributed by atoms with Gasteiger partial charge in [-0.3, -0.25) is 0 Å². The van der Waals surface area contributed by atoms with Gasteiger partial charge in [0, 0.05) is 39.0 Å². The molecule has 0 aliphatic heterocycles. The molecule has 3 unspecified atom stereocenters. The van der Waals surface area contributed by atoms with E-state index >= 15 is 0 Å². The summed E-state index contributed by atoms with van der Waals surface area (Å²) in [5, 5.41) is 3.61. The quantitative estimate of drug-likeness (QED) is 0.176. The van der Waals surface area contributed by atoms with Crippen molar-refractivity contribution in [3.63, 3.8) is 0 Å². The predicted molar refractivity (Wildman–Crippen MR) is 236 cm³/mol. The summed E-state index contributed by atoms with van der Waals surface area (Å²) in [4.78, 5) is 2.43. The third-order valence-corrected chi connectivity index (χ3v) is 12.8. The highest BCUT2D eigenvalue weighted by atomic mass is 16.3. The van der Waals surface area contributed by atoms with E-state index in [4.69, 9.17) is 4.42 Å². The minimum absolute atomic E-state index is 0.00186. The molecule has 0 spiro atoms. The molecule has 0 bridgehead atoms. The Hall–Kier alpha value is -6.32. The molecule has 11 rings (SSSR count). The molecule has 2 heterocycles. The van der Waals surface area contributed by atoms with Gasteiger partial charge in [-0.1, -0.05) is 118 Å². The first-order chi connectivity index (χ1) is 27.4. The van der Waals surface area contributed by atoms with Gasteiger partial charge in [0.25, 0.3) is 0 Å². The Morgan fingerprint density at radius 3 is 2.46 bits per heavy atom. The number of allylic oxidation sites excluding steroid dienone is 9. The molecule has 7 aromatic rings. The molecule has 3 nitrogen and oxygen atoms in total. The molecule has 5 aromatic carbocycles. The van der Waals surface area contributed by atoms with Crippen LogP contribution in [0.2, 0.25) is 0 Å². The second-order valence-corrected chi connectivity index (χ2v) is 16.5. The first kappa shape index (κ1) is 33.1. The van der Waals surface area contributed by atoms with Crippen molar-refractivity contribution in [1.29, 1.82) is 0 Å². The van der Waals surface area contributed by atoms with Gasteiger partial charge in [-0.25, -0.2) is 0 Å². The van der Waals surface area contributed by atoms with Crippen LogP contribution in [0.4, 0.5) is 11.4 Å². The number of aromatic nitrogens is 1. The number of anilines is 2. The summed E-state index contributed by atoms with van der Waals surface area (Å²) in [5.41, 5.74) is 17.1. The van der Waals surface area contributed by atoms with Crippen LogP contribution in [0.1, 0.15) is 74.3 Å². The Morgan fingerprint density at radius 2 is 1.55 bits per heavy atom. The number of para-hydroxylation sites is 1. The molecule has 3 atom stereocenters. The number of nitrogens with zero attached hydrogens (tertiary/aromatic N) is 2. The minimum atomic E-state index is 0.00186. The fourth-order valence-electron chi connectivity index (χ4n) is 9.76. The fraction of sp³-hybridized carbons (Fsp3) is 0.170. The number of rotatable bonds is 5. The van der Waals surface area contributed by atoms with Crippen molar-refractivity contribution in [1.82, 2.24) is 4.57 Å². The van der Waals surface area contributed by atoms with Crippen molar-refractivity contribution < 1.29 is 4.42 Å². The van der Waals surface area contributed by atoms with Crippen LogP contribution >= 0.6 is 0 Å². The van der Waals surface area contributed by atoms with Crippen LogP contribution in [0.5, 0.6) is 0 Å². The SMILES string of the molecule is CC1CC=Cc2ccc(-n3c4c(c5cc(-c6ccc(N(C7=CCC8(C)C=CC=CC8=C7)c7cccc8oc9ccccc9c78)cc6)ccc53)C(C)CC=C4)cc21. The van der Waals surface area contributed by atoms with E-state index < -0.39 is 0 Å². The highest BCUT2D eigenvalue weighted by molar-refractivity contribution is 6.13. The van der Waals surface area contributed by atoms with E-state index in [1.165, 1.54) is 61.4 Å². The predicted octanol–water partition coefficient (Wildman–Crippen LogP) is 14.7. The molecule has 56 heavy (non-hydrogen) atoms. The normalized spacial score (nSPS) is 20.9. The Kier molecular flexibility index (Phi) is 7.44. The van der Waals surface area contributed by atoms with Crippen molar-refractivity contribution in [2.45, 2.75) is 51.9 Å². The maximum absolute atomic E-state index is 6.40. The van der Waals surface area contributed by atoms with E-state index in [0.29, 0.717) is 11.8 Å². The van der Waals surface area contributed by atoms with Gasteiger partial charge >= 0.3 is 0 Å². The van der Waals surface area contributed by atoms with Crippen LogP contribution < -0.4 is 4.90 Å². The van der Waals surface area contributed by atoms with Crippen molar-refractivity contribution in [2.75, 3.05) is 4.90 Å². The van der Waals surface area contributed by atoms with Gasteiger partial charge in [0.15, 0.2) is 0 Å². The van der Waals surface area contributed by atoms with Gasteiger partial charge in [0.2, 0.25) is 0 Å². The van der Waals surface area contributed by atoms with Gasteiger partial charge in [-0.15, -0.1) is 0 Å². The van der Waals surface area contributed by atoms with Crippen LogP contribution in [0.15, 0.2) is 167 Å². The molecular formula is C53H44N2O. The van der Waals surface area contributed by atoms with E-state index in [2.05, 4.69) is 188 Å². The highest BCUT2D eigenvalue weighted by Gasteiger charge is 2.31. The monoisotopic (exact) mass is 724 g/mol. The van der Waals surface area contributed by atoms with Crippen LogP contribution in [0, 0.1) is 5.41 Å². The molecule has 3 heteroatoms. The summed E-state index contributed by atoms with van der Waals surface area (Å²) in [6.45, 7) is 7.06. The summed E-state index contributed by atoms with van der Waals surface area (Å²) < 4.78 is 8.90. The lowest BCUT2D eigenvalue weighted by Gasteiger charge is -2.36. The third kappa shape index (κ3) is 5.10. The summed E-state index contributed by atoms with van der Waals surface area (Å²) in [6, 6.07) is 38.1. The van der Waals surface area contributed by atoms with E-state index in [-0.39, 0.29) is 5.41 Å². The Balaban J connectivity index is 1.03. The molecule has 4 aliphatic carbocycles. The summed E-state index contributed by atoms with van der Waals surface area (Å²) in [7, 11) is 0. The number of hydrogen-bond acceptors (Lipinski definition) is 2. The maximum Gasteiger partial charge on any atom is 0.137 e. The van der Waals surface area contributed by atoms with Crippen LogP contribution in [-0.4, -0.2) is 4.57 Å². The van der Waals surface area contributed by atoms with E-state index in [1.54, 1.807) is 0 Å². The van der Waals surface area contributed by atoms with Crippen molar-refractivity contribution in [3.05, 3.63) is 185 Å². The van der Waals surface area contributed by atoms with Gasteiger partial charge in [-0.05, 0) is 131 Å². The van der Waals surface area contributed by atoms with E-state index in [9.17, 15) is 0 Å². The van der Waals surface area contributed by atoms with Crippen molar-refractivity contribution in [2.24, 2.45) is 5.41 Å².